The number of aliphatic hydroxyl groups excluding tert-OH is 2. The molecule has 3 rings (SSSR count). The second-order valence-corrected chi connectivity index (χ2v) is 9.66. The number of hydrogen-bond donors (Lipinski definition) is 4. The fraction of sp³-hybridized carbons (Fsp3) is 0.450. The average molecular weight is 421 g/mol. The molecule has 2 aromatic rings. The van der Waals surface area contributed by atoms with Crippen molar-refractivity contribution in [1.29, 1.82) is 0 Å². The summed E-state index contributed by atoms with van der Waals surface area (Å²) in [6.45, 7) is 6.69. The largest absolute Gasteiger partial charge is 0.394 e. The third kappa shape index (κ3) is 5.41. The van der Waals surface area contributed by atoms with Crippen molar-refractivity contribution >= 4 is 34.1 Å². The molecular weight excluding hydrogens is 392 g/mol. The van der Waals surface area contributed by atoms with Crippen LogP contribution >= 0.6 is 23.3 Å². The molecule has 152 valence electrons. The van der Waals surface area contributed by atoms with Gasteiger partial charge < -0.3 is 25.2 Å². The highest BCUT2D eigenvalue weighted by Gasteiger charge is 2.27. The molecule has 1 aliphatic heterocycles. The van der Waals surface area contributed by atoms with Gasteiger partial charge in [0, 0.05) is 18.0 Å². The van der Waals surface area contributed by atoms with Gasteiger partial charge in [0.25, 0.3) is 0 Å². The van der Waals surface area contributed by atoms with E-state index in [2.05, 4.69) is 45.4 Å². The summed E-state index contributed by atoms with van der Waals surface area (Å²) in [5.41, 5.74) is 2.64. The Balaban J connectivity index is 1.80. The van der Waals surface area contributed by atoms with Gasteiger partial charge in [0.1, 0.15) is 5.69 Å². The van der Waals surface area contributed by atoms with Crippen LogP contribution in [0.15, 0.2) is 36.5 Å². The van der Waals surface area contributed by atoms with E-state index in [1.807, 2.05) is 26.8 Å². The molecule has 2 heterocycles. The van der Waals surface area contributed by atoms with Crippen LogP contribution in [0.3, 0.4) is 0 Å². The molecule has 28 heavy (non-hydrogen) atoms. The van der Waals surface area contributed by atoms with Crippen molar-refractivity contribution in [2.24, 2.45) is 0 Å². The predicted molar refractivity (Wildman–Crippen MR) is 118 cm³/mol. The first-order valence-electron chi connectivity index (χ1n) is 9.32. The summed E-state index contributed by atoms with van der Waals surface area (Å²) in [6.07, 6.45) is 2.08. The zero-order valence-corrected chi connectivity index (χ0v) is 18.1. The number of aromatic nitrogens is 1. The van der Waals surface area contributed by atoms with Gasteiger partial charge in [0.05, 0.1) is 35.9 Å². The van der Waals surface area contributed by atoms with Crippen LogP contribution in [0.4, 0.5) is 5.13 Å². The van der Waals surface area contributed by atoms with Gasteiger partial charge in [-0.1, -0.05) is 41.7 Å². The van der Waals surface area contributed by atoms with Gasteiger partial charge in [-0.15, -0.1) is 0 Å². The fourth-order valence-corrected chi connectivity index (χ4v) is 4.77. The van der Waals surface area contributed by atoms with Crippen LogP contribution in [0.5, 0.6) is 0 Å². The number of nitrogens with one attached hydrogen (secondary N) is 2. The van der Waals surface area contributed by atoms with Crippen LogP contribution in [0.2, 0.25) is 0 Å². The van der Waals surface area contributed by atoms with Crippen LogP contribution in [0.1, 0.15) is 36.9 Å². The summed E-state index contributed by atoms with van der Waals surface area (Å²) < 4.78 is 2.21. The molecule has 0 fully saturated rings. The summed E-state index contributed by atoms with van der Waals surface area (Å²) in [6, 6.07) is 10.3. The third-order valence-electron chi connectivity index (χ3n) is 4.28. The second-order valence-electron chi connectivity index (χ2n) is 7.56. The van der Waals surface area contributed by atoms with E-state index in [0.29, 0.717) is 0 Å². The first-order valence-corrected chi connectivity index (χ1v) is 11.1. The van der Waals surface area contributed by atoms with Crippen molar-refractivity contribution in [3.8, 4) is 0 Å². The minimum absolute atomic E-state index is 0.0215. The SMILES string of the molecule is CC(CO)Nc1nc2c(s1)CN(SCc1ccccc1)C=C2NC(C)(C)CO. The van der Waals surface area contributed by atoms with E-state index in [9.17, 15) is 10.2 Å². The van der Waals surface area contributed by atoms with Crippen LogP contribution in [0.25, 0.3) is 5.70 Å². The lowest BCUT2D eigenvalue weighted by Crippen LogP contribution is -2.42. The van der Waals surface area contributed by atoms with E-state index >= 15 is 0 Å². The average Bonchev–Trinajstić information content (AvgIpc) is 3.09. The third-order valence-corrected chi connectivity index (χ3v) is 6.28. The minimum Gasteiger partial charge on any atom is -0.394 e. The van der Waals surface area contributed by atoms with E-state index in [1.54, 1.807) is 23.3 Å². The molecule has 1 aliphatic rings. The maximum Gasteiger partial charge on any atom is 0.183 e. The molecule has 8 heteroatoms. The number of anilines is 1. The zero-order valence-electron chi connectivity index (χ0n) is 16.5. The number of hydrogen-bond acceptors (Lipinski definition) is 8. The molecule has 0 aliphatic carbocycles. The molecule has 1 aromatic carbocycles. The molecule has 0 amide bonds. The summed E-state index contributed by atoms with van der Waals surface area (Å²) in [7, 11) is 0. The highest BCUT2D eigenvalue weighted by molar-refractivity contribution is 7.96. The van der Waals surface area contributed by atoms with E-state index in [4.69, 9.17) is 4.98 Å². The molecular formula is C20H28N4O2S2. The number of nitrogens with zero attached hydrogens (tertiary/aromatic N) is 2. The summed E-state index contributed by atoms with van der Waals surface area (Å²) in [4.78, 5) is 5.90. The Morgan fingerprint density at radius 3 is 2.71 bits per heavy atom. The minimum atomic E-state index is -0.453. The molecule has 1 unspecified atom stereocenters. The number of benzene rings is 1. The van der Waals surface area contributed by atoms with Crippen molar-refractivity contribution in [2.75, 3.05) is 18.5 Å². The molecule has 0 spiro atoms. The lowest BCUT2D eigenvalue weighted by molar-refractivity contribution is 0.203. The van der Waals surface area contributed by atoms with E-state index < -0.39 is 5.54 Å². The summed E-state index contributed by atoms with van der Waals surface area (Å²) in [5, 5.41) is 26.5. The Bertz CT molecular complexity index is 808. The number of rotatable bonds is 9. The Morgan fingerprint density at radius 2 is 2.04 bits per heavy atom. The standard InChI is InChI=1S/C20H28N4O2S2/c1-14(11-25)21-19-22-18-16(23-20(2,3)13-26)9-24(10-17(18)28-19)27-12-15-7-5-4-6-8-15/h4-9,14,23,25-26H,10-13H2,1-3H3,(H,21,22). The number of aliphatic hydroxyl groups is 2. The lowest BCUT2D eigenvalue weighted by atomic mass is 10.1. The van der Waals surface area contributed by atoms with Crippen molar-refractivity contribution in [3.05, 3.63) is 52.7 Å². The molecule has 0 bridgehead atoms. The van der Waals surface area contributed by atoms with Crippen LogP contribution < -0.4 is 10.6 Å². The van der Waals surface area contributed by atoms with E-state index in [0.717, 1.165) is 33.7 Å². The summed E-state index contributed by atoms with van der Waals surface area (Å²) in [5.74, 6) is 0.884. The normalized spacial score (nSPS) is 15.0. The monoisotopic (exact) mass is 420 g/mol. The van der Waals surface area contributed by atoms with Crippen molar-refractivity contribution < 1.29 is 10.2 Å². The van der Waals surface area contributed by atoms with Crippen LogP contribution in [-0.4, -0.2) is 44.3 Å². The zero-order chi connectivity index (χ0) is 20.1. The fourth-order valence-electron chi connectivity index (χ4n) is 2.69. The van der Waals surface area contributed by atoms with Crippen LogP contribution in [-0.2, 0) is 12.3 Å². The van der Waals surface area contributed by atoms with E-state index in [-0.39, 0.29) is 19.3 Å². The Kier molecular flexibility index (Phi) is 6.87. The van der Waals surface area contributed by atoms with Gasteiger partial charge in [-0.25, -0.2) is 4.98 Å². The maximum atomic E-state index is 9.68. The molecule has 6 nitrogen and oxygen atoms in total. The molecule has 0 saturated heterocycles. The Morgan fingerprint density at radius 1 is 1.29 bits per heavy atom. The van der Waals surface area contributed by atoms with Crippen molar-refractivity contribution in [2.45, 2.75) is 44.6 Å². The van der Waals surface area contributed by atoms with Gasteiger partial charge >= 0.3 is 0 Å². The predicted octanol–water partition coefficient (Wildman–Crippen LogP) is 3.26. The summed E-state index contributed by atoms with van der Waals surface area (Å²) >= 11 is 3.36. The number of fused-ring (bicyclic) bond motifs is 1. The number of thiazole rings is 1. The van der Waals surface area contributed by atoms with Crippen molar-refractivity contribution in [3.63, 3.8) is 0 Å². The highest BCUT2D eigenvalue weighted by Crippen LogP contribution is 2.36. The molecule has 0 saturated carbocycles. The molecule has 4 N–H and O–H groups in total. The molecule has 0 radical (unpaired) electrons. The Labute approximate surface area is 174 Å². The molecule has 1 aromatic heterocycles. The second kappa shape index (κ2) is 9.17. The van der Waals surface area contributed by atoms with Gasteiger partial charge in [-0.2, -0.15) is 0 Å². The van der Waals surface area contributed by atoms with Gasteiger partial charge in [0.2, 0.25) is 0 Å². The van der Waals surface area contributed by atoms with Gasteiger partial charge in [-0.3, -0.25) is 0 Å². The van der Waals surface area contributed by atoms with Crippen LogP contribution in [0, 0.1) is 0 Å². The van der Waals surface area contributed by atoms with E-state index in [1.165, 1.54) is 5.56 Å². The highest BCUT2D eigenvalue weighted by atomic mass is 32.2. The van der Waals surface area contributed by atoms with Gasteiger partial charge in [0.15, 0.2) is 5.13 Å². The smallest absolute Gasteiger partial charge is 0.183 e. The van der Waals surface area contributed by atoms with Crippen molar-refractivity contribution in [1.82, 2.24) is 14.6 Å². The first-order chi connectivity index (χ1) is 13.4. The lowest BCUT2D eigenvalue weighted by Gasteiger charge is -2.31. The quantitative estimate of drug-likeness (QED) is 0.464. The first kappa shape index (κ1) is 21.0. The maximum absolute atomic E-state index is 9.68. The Hall–Kier alpha value is -1.74. The topological polar surface area (TPSA) is 80.7 Å². The van der Waals surface area contributed by atoms with Gasteiger partial charge in [-0.05, 0) is 38.3 Å². The molecule has 1 atom stereocenters.